The molecule has 0 N–H and O–H groups in total. The maximum atomic E-state index is 12.2. The maximum absolute atomic E-state index is 12.2. The van der Waals surface area contributed by atoms with Crippen molar-refractivity contribution in [2.24, 2.45) is 0 Å². The molecule has 0 aliphatic rings. The second kappa shape index (κ2) is 9.78. The second-order valence-electron chi connectivity index (χ2n) is 7.08. The summed E-state index contributed by atoms with van der Waals surface area (Å²) in [5.74, 6) is 0.998. The molecular weight excluding hydrogens is 364 g/mol. The molecule has 0 amide bonds. The van der Waals surface area contributed by atoms with Gasteiger partial charge in [-0.05, 0) is 29.2 Å². The highest BCUT2D eigenvalue weighted by atomic mass is 16.5. The molecule has 0 aliphatic heterocycles. The van der Waals surface area contributed by atoms with Crippen molar-refractivity contribution in [1.29, 1.82) is 0 Å². The van der Waals surface area contributed by atoms with Crippen molar-refractivity contribution in [3.8, 4) is 11.5 Å². The summed E-state index contributed by atoms with van der Waals surface area (Å²) in [6.45, 7) is 4.97. The molecule has 0 saturated carbocycles. The van der Waals surface area contributed by atoms with Crippen LogP contribution >= 0.6 is 0 Å². The van der Waals surface area contributed by atoms with Crippen molar-refractivity contribution in [3.05, 3.63) is 95.1 Å². The third-order valence-electron chi connectivity index (χ3n) is 4.58. The summed E-state index contributed by atoms with van der Waals surface area (Å²) < 4.78 is 17.2. The SMILES string of the molecule is COC(=O)c1cc(OCc2ccccc2)c(C(C)C)c(OCc2ccccc2)c1. The normalized spacial score (nSPS) is 10.6. The number of methoxy groups -OCH3 is 1. The lowest BCUT2D eigenvalue weighted by atomic mass is 9.98. The lowest BCUT2D eigenvalue weighted by molar-refractivity contribution is 0.0599. The molecule has 29 heavy (non-hydrogen) atoms. The van der Waals surface area contributed by atoms with Crippen LogP contribution in [0.2, 0.25) is 0 Å². The van der Waals surface area contributed by atoms with Gasteiger partial charge in [-0.2, -0.15) is 0 Å². The average molecular weight is 390 g/mol. The zero-order chi connectivity index (χ0) is 20.6. The summed E-state index contributed by atoms with van der Waals surface area (Å²) in [5.41, 5.74) is 3.45. The number of hydrogen-bond acceptors (Lipinski definition) is 4. The Morgan fingerprint density at radius 3 is 1.62 bits per heavy atom. The Kier molecular flexibility index (Phi) is 6.90. The van der Waals surface area contributed by atoms with Crippen molar-refractivity contribution in [2.45, 2.75) is 33.0 Å². The molecule has 0 aliphatic carbocycles. The smallest absolute Gasteiger partial charge is 0.338 e. The van der Waals surface area contributed by atoms with E-state index in [-0.39, 0.29) is 5.92 Å². The van der Waals surface area contributed by atoms with Gasteiger partial charge in [-0.1, -0.05) is 74.5 Å². The maximum Gasteiger partial charge on any atom is 0.338 e. The zero-order valence-electron chi connectivity index (χ0n) is 17.1. The molecule has 0 atom stereocenters. The third kappa shape index (κ3) is 5.38. The molecule has 3 aromatic rings. The fourth-order valence-corrected chi connectivity index (χ4v) is 3.12. The van der Waals surface area contributed by atoms with E-state index in [1.54, 1.807) is 12.1 Å². The Morgan fingerprint density at radius 2 is 1.24 bits per heavy atom. The van der Waals surface area contributed by atoms with Crippen LogP contribution in [0.5, 0.6) is 11.5 Å². The average Bonchev–Trinajstić information content (AvgIpc) is 2.76. The summed E-state index contributed by atoms with van der Waals surface area (Å²) in [6, 6.07) is 23.3. The molecule has 4 nitrogen and oxygen atoms in total. The predicted molar refractivity (Wildman–Crippen MR) is 113 cm³/mol. The molecule has 0 saturated heterocycles. The minimum absolute atomic E-state index is 0.151. The van der Waals surface area contributed by atoms with Gasteiger partial charge in [-0.15, -0.1) is 0 Å². The number of carbonyl (C=O) groups is 1. The quantitative estimate of drug-likeness (QED) is 0.459. The molecule has 0 aromatic heterocycles. The molecule has 0 bridgehead atoms. The third-order valence-corrected chi connectivity index (χ3v) is 4.58. The van der Waals surface area contributed by atoms with Crippen LogP contribution in [0.1, 0.15) is 46.8 Å². The number of benzene rings is 3. The molecular formula is C25H26O4. The topological polar surface area (TPSA) is 44.8 Å². The minimum Gasteiger partial charge on any atom is -0.488 e. The highest BCUT2D eigenvalue weighted by Gasteiger charge is 2.20. The van der Waals surface area contributed by atoms with E-state index in [2.05, 4.69) is 13.8 Å². The lowest BCUT2D eigenvalue weighted by Crippen LogP contribution is -2.08. The van der Waals surface area contributed by atoms with Crippen LogP contribution in [0.25, 0.3) is 0 Å². The summed E-state index contributed by atoms with van der Waals surface area (Å²) in [7, 11) is 1.37. The molecule has 0 unspecified atom stereocenters. The molecule has 4 heteroatoms. The van der Waals surface area contributed by atoms with Gasteiger partial charge in [0.2, 0.25) is 0 Å². The van der Waals surface area contributed by atoms with Gasteiger partial charge >= 0.3 is 5.97 Å². The van der Waals surface area contributed by atoms with Gasteiger partial charge < -0.3 is 14.2 Å². The first-order valence-corrected chi connectivity index (χ1v) is 9.68. The fourth-order valence-electron chi connectivity index (χ4n) is 3.12. The van der Waals surface area contributed by atoms with Crippen LogP contribution in [0.3, 0.4) is 0 Å². The number of rotatable bonds is 8. The Balaban J connectivity index is 1.94. The molecule has 0 fully saturated rings. The Bertz CT molecular complexity index is 869. The van der Waals surface area contributed by atoms with Crippen molar-refractivity contribution in [3.63, 3.8) is 0 Å². The van der Waals surface area contributed by atoms with Crippen LogP contribution in [-0.4, -0.2) is 13.1 Å². The Hall–Kier alpha value is -3.27. The standard InChI is InChI=1S/C25H26O4/c1-18(2)24-22(28-16-19-10-6-4-7-11-19)14-21(25(26)27-3)15-23(24)29-17-20-12-8-5-9-13-20/h4-15,18H,16-17H2,1-3H3. The highest BCUT2D eigenvalue weighted by molar-refractivity contribution is 5.90. The summed E-state index contributed by atoms with van der Waals surface area (Å²) in [6.07, 6.45) is 0. The number of esters is 1. The van der Waals surface area contributed by atoms with Crippen molar-refractivity contribution in [1.82, 2.24) is 0 Å². The first kappa shape index (κ1) is 20.5. The minimum atomic E-state index is -0.422. The van der Waals surface area contributed by atoms with E-state index in [4.69, 9.17) is 14.2 Å². The van der Waals surface area contributed by atoms with Crippen LogP contribution in [0, 0.1) is 0 Å². The van der Waals surface area contributed by atoms with Gasteiger partial charge in [0.15, 0.2) is 0 Å². The monoisotopic (exact) mass is 390 g/mol. The lowest BCUT2D eigenvalue weighted by Gasteiger charge is -2.20. The number of hydrogen-bond donors (Lipinski definition) is 0. The van der Waals surface area contributed by atoms with E-state index >= 15 is 0 Å². The first-order chi connectivity index (χ1) is 14.1. The van der Waals surface area contributed by atoms with Crippen molar-refractivity contribution < 1.29 is 19.0 Å². The van der Waals surface area contributed by atoms with Crippen molar-refractivity contribution in [2.75, 3.05) is 7.11 Å². The van der Waals surface area contributed by atoms with E-state index in [0.717, 1.165) is 16.7 Å². The highest BCUT2D eigenvalue weighted by Crippen LogP contribution is 2.37. The predicted octanol–water partition coefficient (Wildman–Crippen LogP) is 5.75. The molecule has 0 radical (unpaired) electrons. The van der Waals surface area contributed by atoms with Crippen molar-refractivity contribution >= 4 is 5.97 Å². The fraction of sp³-hybridized carbons (Fsp3) is 0.240. The van der Waals surface area contributed by atoms with Gasteiger partial charge in [0.25, 0.3) is 0 Å². The molecule has 3 aromatic carbocycles. The largest absolute Gasteiger partial charge is 0.488 e. The van der Waals surface area contributed by atoms with Gasteiger partial charge in [0, 0.05) is 5.56 Å². The Labute approximate surface area is 172 Å². The van der Waals surface area contributed by atoms with E-state index in [1.807, 2.05) is 60.7 Å². The molecule has 150 valence electrons. The second-order valence-corrected chi connectivity index (χ2v) is 7.08. The Morgan fingerprint density at radius 1 is 0.793 bits per heavy atom. The van der Waals surface area contributed by atoms with Crippen LogP contribution in [0.4, 0.5) is 0 Å². The molecule has 3 rings (SSSR count). The first-order valence-electron chi connectivity index (χ1n) is 9.68. The summed E-state index contributed by atoms with van der Waals surface area (Å²) in [4.78, 5) is 12.2. The van der Waals surface area contributed by atoms with Gasteiger partial charge in [-0.3, -0.25) is 0 Å². The van der Waals surface area contributed by atoms with Crippen LogP contribution in [0.15, 0.2) is 72.8 Å². The van der Waals surface area contributed by atoms with Crippen LogP contribution < -0.4 is 9.47 Å². The molecule has 0 heterocycles. The van der Waals surface area contributed by atoms with E-state index in [0.29, 0.717) is 30.3 Å². The van der Waals surface area contributed by atoms with Gasteiger partial charge in [0.05, 0.1) is 12.7 Å². The zero-order valence-corrected chi connectivity index (χ0v) is 17.1. The number of ether oxygens (including phenoxy) is 3. The number of carbonyl (C=O) groups excluding carboxylic acids is 1. The van der Waals surface area contributed by atoms with E-state index < -0.39 is 5.97 Å². The van der Waals surface area contributed by atoms with E-state index in [1.165, 1.54) is 7.11 Å². The summed E-state index contributed by atoms with van der Waals surface area (Å²) in [5, 5.41) is 0. The molecule has 0 spiro atoms. The van der Waals surface area contributed by atoms with Crippen LogP contribution in [-0.2, 0) is 18.0 Å². The van der Waals surface area contributed by atoms with Gasteiger partial charge in [-0.25, -0.2) is 4.79 Å². The summed E-state index contributed by atoms with van der Waals surface area (Å²) >= 11 is 0. The van der Waals surface area contributed by atoms with Gasteiger partial charge in [0.1, 0.15) is 24.7 Å². The van der Waals surface area contributed by atoms with E-state index in [9.17, 15) is 4.79 Å².